The van der Waals surface area contributed by atoms with Crippen LogP contribution in [0.5, 0.6) is 0 Å². The highest BCUT2D eigenvalue weighted by molar-refractivity contribution is 6.45. The maximum atomic E-state index is 10.8. The van der Waals surface area contributed by atoms with Crippen molar-refractivity contribution < 1.29 is 9.59 Å². The van der Waals surface area contributed by atoms with Crippen molar-refractivity contribution in [2.45, 2.75) is 6.42 Å². The lowest BCUT2D eigenvalue weighted by molar-refractivity contribution is -0.114. The lowest BCUT2D eigenvalue weighted by Gasteiger charge is -2.06. The van der Waals surface area contributed by atoms with Crippen LogP contribution in [0.25, 0.3) is 0 Å². The molecule has 0 atom stereocenters. The smallest absolute Gasteiger partial charge is 0.179 e. The maximum Gasteiger partial charge on any atom is 0.179 e. The average molecular weight is 191 g/mol. The third kappa shape index (κ3) is 1.70. The molecule has 1 aliphatic rings. The van der Waals surface area contributed by atoms with Crippen molar-refractivity contribution in [3.05, 3.63) is 21.7 Å². The summed E-state index contributed by atoms with van der Waals surface area (Å²) in [5, 5.41) is 0.325. The predicted octanol–water partition coefficient (Wildman–Crippen LogP) is 1.77. The van der Waals surface area contributed by atoms with Gasteiger partial charge in [-0.05, 0) is 6.08 Å². The van der Waals surface area contributed by atoms with E-state index in [4.69, 9.17) is 23.2 Å². The van der Waals surface area contributed by atoms with Crippen LogP contribution in [-0.4, -0.2) is 12.1 Å². The van der Waals surface area contributed by atoms with Crippen LogP contribution in [0.4, 0.5) is 0 Å². The molecule has 1 aliphatic carbocycles. The first kappa shape index (κ1) is 8.50. The first-order valence-corrected chi connectivity index (χ1v) is 3.65. The van der Waals surface area contributed by atoms with Crippen molar-refractivity contribution in [2.75, 3.05) is 0 Å². The molecule has 0 fully saturated rings. The topological polar surface area (TPSA) is 34.1 Å². The van der Waals surface area contributed by atoms with Crippen molar-refractivity contribution in [3.63, 3.8) is 0 Å². The molecule has 0 aliphatic heterocycles. The molecule has 0 radical (unpaired) electrons. The van der Waals surface area contributed by atoms with Crippen molar-refractivity contribution in [2.24, 2.45) is 0 Å². The second-order valence-corrected chi connectivity index (χ2v) is 2.93. The highest BCUT2D eigenvalue weighted by atomic mass is 35.5. The number of aldehydes is 1. The number of Topliss-reactive ketones (excluding diaryl/α,β-unsaturated/α-hetero) is 1. The van der Waals surface area contributed by atoms with Gasteiger partial charge in [-0.3, -0.25) is 9.59 Å². The van der Waals surface area contributed by atoms with Gasteiger partial charge in [-0.25, -0.2) is 0 Å². The van der Waals surface area contributed by atoms with Gasteiger partial charge in [-0.2, -0.15) is 0 Å². The fraction of sp³-hybridized carbons (Fsp3) is 0.143. The Hall–Kier alpha value is -0.600. The van der Waals surface area contributed by atoms with E-state index < -0.39 is 0 Å². The number of halogens is 2. The zero-order valence-electron chi connectivity index (χ0n) is 5.43. The van der Waals surface area contributed by atoms with Crippen LogP contribution in [0.15, 0.2) is 21.7 Å². The van der Waals surface area contributed by atoms with Crippen molar-refractivity contribution >= 4 is 35.3 Å². The van der Waals surface area contributed by atoms with E-state index in [9.17, 15) is 9.59 Å². The highest BCUT2D eigenvalue weighted by Gasteiger charge is 2.17. The first-order valence-electron chi connectivity index (χ1n) is 2.89. The number of allylic oxidation sites excluding steroid dienone is 4. The van der Waals surface area contributed by atoms with Gasteiger partial charge >= 0.3 is 0 Å². The second kappa shape index (κ2) is 3.20. The van der Waals surface area contributed by atoms with Crippen LogP contribution >= 0.6 is 23.2 Å². The molecule has 0 N–H and O–H groups in total. The quantitative estimate of drug-likeness (QED) is 0.592. The standard InChI is InChI=1S/C7H4Cl2O2/c8-5-2-7(11)6(9)1-4(5)3-10/h1,3H,2H2. The average Bonchev–Trinajstić information content (AvgIpc) is 1.97. The van der Waals surface area contributed by atoms with E-state index in [-0.39, 0.29) is 27.8 Å². The summed E-state index contributed by atoms with van der Waals surface area (Å²) in [7, 11) is 0. The van der Waals surface area contributed by atoms with Gasteiger partial charge in [0.25, 0.3) is 0 Å². The van der Waals surface area contributed by atoms with Gasteiger partial charge in [0.05, 0.1) is 5.03 Å². The summed E-state index contributed by atoms with van der Waals surface area (Å²) in [6.45, 7) is 0. The number of ketones is 1. The summed E-state index contributed by atoms with van der Waals surface area (Å²) in [5.74, 6) is -0.248. The summed E-state index contributed by atoms with van der Waals surface area (Å²) in [4.78, 5) is 21.1. The van der Waals surface area contributed by atoms with Gasteiger partial charge in [0.15, 0.2) is 12.1 Å². The Morgan fingerprint density at radius 1 is 1.45 bits per heavy atom. The Morgan fingerprint density at radius 2 is 2.09 bits per heavy atom. The molecule has 0 heterocycles. The fourth-order valence-corrected chi connectivity index (χ4v) is 1.13. The number of hydrogen-bond donors (Lipinski definition) is 0. The fourth-order valence-electron chi connectivity index (χ4n) is 0.721. The van der Waals surface area contributed by atoms with E-state index in [0.717, 1.165) is 0 Å². The van der Waals surface area contributed by atoms with Crippen molar-refractivity contribution in [1.29, 1.82) is 0 Å². The summed E-state index contributed by atoms with van der Waals surface area (Å²) in [5.41, 5.74) is 0.288. The van der Waals surface area contributed by atoms with Crippen LogP contribution in [-0.2, 0) is 9.59 Å². The Kier molecular flexibility index (Phi) is 2.47. The summed E-state index contributed by atoms with van der Waals surface area (Å²) in [6.07, 6.45) is 1.89. The molecule has 4 heteroatoms. The molecular weight excluding hydrogens is 187 g/mol. The second-order valence-electron chi connectivity index (χ2n) is 2.07. The minimum absolute atomic E-state index is 0.0327. The summed E-state index contributed by atoms with van der Waals surface area (Å²) >= 11 is 11.0. The van der Waals surface area contributed by atoms with Crippen LogP contribution in [0, 0.1) is 0 Å². The first-order chi connectivity index (χ1) is 5.15. The molecule has 0 spiro atoms. The number of rotatable bonds is 1. The third-order valence-electron chi connectivity index (χ3n) is 1.30. The van der Waals surface area contributed by atoms with Crippen LogP contribution in [0.1, 0.15) is 6.42 Å². The zero-order chi connectivity index (χ0) is 8.43. The van der Waals surface area contributed by atoms with Crippen LogP contribution in [0.2, 0.25) is 0 Å². The predicted molar refractivity (Wildman–Crippen MR) is 42.5 cm³/mol. The zero-order valence-corrected chi connectivity index (χ0v) is 6.95. The largest absolute Gasteiger partial charge is 0.298 e. The molecule has 58 valence electrons. The van der Waals surface area contributed by atoms with E-state index in [1.165, 1.54) is 6.08 Å². The van der Waals surface area contributed by atoms with Gasteiger partial charge in [-0.15, -0.1) is 0 Å². The minimum atomic E-state index is -0.248. The van der Waals surface area contributed by atoms with Gasteiger partial charge in [-0.1, -0.05) is 23.2 Å². The van der Waals surface area contributed by atoms with Crippen LogP contribution < -0.4 is 0 Å². The molecule has 0 aromatic carbocycles. The lowest BCUT2D eigenvalue weighted by Crippen LogP contribution is -2.05. The summed E-state index contributed by atoms with van der Waals surface area (Å²) < 4.78 is 0. The minimum Gasteiger partial charge on any atom is -0.298 e. The molecule has 0 aromatic rings. The van der Waals surface area contributed by atoms with Crippen molar-refractivity contribution in [1.82, 2.24) is 0 Å². The number of hydrogen-bond acceptors (Lipinski definition) is 2. The third-order valence-corrected chi connectivity index (χ3v) is 1.98. The molecule has 0 bridgehead atoms. The maximum absolute atomic E-state index is 10.8. The van der Waals surface area contributed by atoms with E-state index in [1.807, 2.05) is 0 Å². The van der Waals surface area contributed by atoms with Crippen molar-refractivity contribution in [3.8, 4) is 0 Å². The molecule has 0 amide bonds. The highest BCUT2D eigenvalue weighted by Crippen LogP contribution is 2.24. The van der Waals surface area contributed by atoms with Crippen LogP contribution in [0.3, 0.4) is 0 Å². The monoisotopic (exact) mass is 190 g/mol. The molecule has 1 rings (SSSR count). The SMILES string of the molecule is O=CC1=C(Cl)CC(=O)C(Cl)=C1. The normalized spacial score (nSPS) is 18.4. The Labute approximate surface area is 73.5 Å². The molecule has 0 saturated heterocycles. The number of carbonyl (C=O) groups is 2. The van der Waals surface area contributed by atoms with Gasteiger partial charge in [0, 0.05) is 17.0 Å². The van der Waals surface area contributed by atoms with Gasteiger partial charge < -0.3 is 0 Å². The molecule has 0 aromatic heterocycles. The summed E-state index contributed by atoms with van der Waals surface area (Å²) in [6, 6.07) is 0. The number of carbonyl (C=O) groups excluding carboxylic acids is 2. The molecule has 2 nitrogen and oxygen atoms in total. The van der Waals surface area contributed by atoms with Gasteiger partial charge in [0.1, 0.15) is 0 Å². The molecular formula is C7H4Cl2O2. The molecule has 0 saturated carbocycles. The van der Waals surface area contributed by atoms with Gasteiger partial charge in [0.2, 0.25) is 0 Å². The molecule has 0 unspecified atom stereocenters. The Morgan fingerprint density at radius 3 is 2.64 bits per heavy atom. The van der Waals surface area contributed by atoms with E-state index >= 15 is 0 Å². The Balaban J connectivity index is 3.05. The molecule has 11 heavy (non-hydrogen) atoms. The lowest BCUT2D eigenvalue weighted by atomic mass is 10.1. The van der Waals surface area contributed by atoms with E-state index in [2.05, 4.69) is 0 Å². The van der Waals surface area contributed by atoms with E-state index in [0.29, 0.717) is 6.29 Å². The Bertz CT molecular complexity index is 276. The van der Waals surface area contributed by atoms with E-state index in [1.54, 1.807) is 0 Å².